The van der Waals surface area contributed by atoms with Crippen LogP contribution in [0.5, 0.6) is 0 Å². The van der Waals surface area contributed by atoms with E-state index in [9.17, 15) is 14.9 Å². The summed E-state index contributed by atoms with van der Waals surface area (Å²) >= 11 is 0. The van der Waals surface area contributed by atoms with Gasteiger partial charge in [-0.3, -0.25) is 14.9 Å². The molecule has 1 amide bonds. The Labute approximate surface area is 105 Å². The molecular weight excluding hydrogens is 236 g/mol. The Kier molecular flexibility index (Phi) is 4.59. The fourth-order valence-corrected chi connectivity index (χ4v) is 1.35. The Morgan fingerprint density at radius 3 is 2.78 bits per heavy atom. The highest BCUT2D eigenvalue weighted by Crippen LogP contribution is 2.19. The van der Waals surface area contributed by atoms with E-state index in [0.29, 0.717) is 11.4 Å². The first-order valence-electron chi connectivity index (χ1n) is 5.54. The Balaban J connectivity index is 2.66. The van der Waals surface area contributed by atoms with Crippen molar-refractivity contribution in [3.63, 3.8) is 0 Å². The van der Waals surface area contributed by atoms with Gasteiger partial charge in [-0.05, 0) is 20.8 Å². The molecule has 0 radical (unpaired) electrons. The van der Waals surface area contributed by atoms with Crippen molar-refractivity contribution in [3.05, 3.63) is 27.9 Å². The molecule has 1 aromatic rings. The van der Waals surface area contributed by atoms with Crippen molar-refractivity contribution >= 4 is 17.4 Å². The fourth-order valence-electron chi connectivity index (χ4n) is 1.35. The van der Waals surface area contributed by atoms with Crippen molar-refractivity contribution in [2.75, 3.05) is 11.9 Å². The van der Waals surface area contributed by atoms with Crippen molar-refractivity contribution in [1.82, 2.24) is 10.3 Å². The number of amides is 1. The van der Waals surface area contributed by atoms with Gasteiger partial charge < -0.3 is 10.6 Å². The van der Waals surface area contributed by atoms with Crippen LogP contribution < -0.4 is 10.6 Å². The first kappa shape index (κ1) is 13.9. The predicted molar refractivity (Wildman–Crippen MR) is 67.4 cm³/mol. The summed E-state index contributed by atoms with van der Waals surface area (Å²) < 4.78 is 0. The summed E-state index contributed by atoms with van der Waals surface area (Å²) in [5.41, 5.74) is 0.467. The van der Waals surface area contributed by atoms with Crippen LogP contribution in [0, 0.1) is 17.0 Å². The average molecular weight is 252 g/mol. The molecule has 0 spiro atoms. The van der Waals surface area contributed by atoms with Gasteiger partial charge in [0, 0.05) is 17.8 Å². The van der Waals surface area contributed by atoms with E-state index < -0.39 is 4.92 Å². The highest BCUT2D eigenvalue weighted by atomic mass is 16.6. The number of nitrogens with one attached hydrogen (secondary N) is 2. The summed E-state index contributed by atoms with van der Waals surface area (Å²) in [5.74, 6) is 0.126. The van der Waals surface area contributed by atoms with Crippen LogP contribution in [0.3, 0.4) is 0 Å². The smallest absolute Gasteiger partial charge is 0.277 e. The lowest BCUT2D eigenvalue weighted by molar-refractivity contribution is -0.385. The zero-order chi connectivity index (χ0) is 13.7. The second-order valence-electron chi connectivity index (χ2n) is 4.19. The van der Waals surface area contributed by atoms with Gasteiger partial charge in [0.15, 0.2) is 0 Å². The van der Waals surface area contributed by atoms with E-state index in [2.05, 4.69) is 15.6 Å². The number of pyridine rings is 1. The maximum Gasteiger partial charge on any atom is 0.277 e. The normalized spacial score (nSPS) is 10.2. The highest BCUT2D eigenvalue weighted by Gasteiger charge is 2.12. The van der Waals surface area contributed by atoms with Crippen molar-refractivity contribution in [3.8, 4) is 0 Å². The number of anilines is 1. The molecule has 0 unspecified atom stereocenters. The summed E-state index contributed by atoms with van der Waals surface area (Å²) in [4.78, 5) is 25.6. The quantitative estimate of drug-likeness (QED) is 0.607. The Morgan fingerprint density at radius 1 is 1.56 bits per heavy atom. The summed E-state index contributed by atoms with van der Waals surface area (Å²) in [6.45, 7) is 5.35. The first-order valence-corrected chi connectivity index (χ1v) is 5.54. The molecule has 18 heavy (non-hydrogen) atoms. The van der Waals surface area contributed by atoms with Crippen LogP contribution in [0.15, 0.2) is 12.3 Å². The van der Waals surface area contributed by atoms with Crippen LogP contribution in [-0.4, -0.2) is 28.4 Å². The molecule has 1 rings (SSSR count). The number of rotatable bonds is 5. The van der Waals surface area contributed by atoms with Crippen LogP contribution in [-0.2, 0) is 4.79 Å². The lowest BCUT2D eigenvalue weighted by atomic mass is 10.2. The summed E-state index contributed by atoms with van der Waals surface area (Å²) in [5, 5.41) is 16.2. The number of carbonyl (C=O) groups is 1. The topological polar surface area (TPSA) is 97.2 Å². The van der Waals surface area contributed by atoms with Gasteiger partial charge in [-0.15, -0.1) is 0 Å². The summed E-state index contributed by atoms with van der Waals surface area (Å²) in [6.07, 6.45) is 1.40. The van der Waals surface area contributed by atoms with Crippen LogP contribution in [0.25, 0.3) is 0 Å². The van der Waals surface area contributed by atoms with Gasteiger partial charge in [-0.2, -0.15) is 0 Å². The Morgan fingerprint density at radius 2 is 2.22 bits per heavy atom. The molecule has 0 aliphatic rings. The van der Waals surface area contributed by atoms with Crippen molar-refractivity contribution in [1.29, 1.82) is 0 Å². The van der Waals surface area contributed by atoms with Crippen molar-refractivity contribution in [2.45, 2.75) is 26.8 Å². The fraction of sp³-hybridized carbons (Fsp3) is 0.455. The Bertz CT molecular complexity index is 460. The number of aromatic nitrogens is 1. The van der Waals surface area contributed by atoms with Crippen molar-refractivity contribution < 1.29 is 9.72 Å². The number of aryl methyl sites for hydroxylation is 1. The third kappa shape index (κ3) is 4.00. The maximum absolute atomic E-state index is 11.4. The van der Waals surface area contributed by atoms with E-state index in [0.717, 1.165) is 0 Å². The maximum atomic E-state index is 11.4. The molecular formula is C11H16N4O3. The molecule has 0 aromatic carbocycles. The molecule has 0 bridgehead atoms. The van der Waals surface area contributed by atoms with Crippen LogP contribution in [0.4, 0.5) is 11.5 Å². The molecule has 7 nitrogen and oxygen atoms in total. The SMILES string of the molecule is Cc1cnc(NCC(=O)NC(C)C)cc1[N+](=O)[O-]. The van der Waals surface area contributed by atoms with Gasteiger partial charge in [0.05, 0.1) is 17.5 Å². The average Bonchev–Trinajstić information content (AvgIpc) is 2.26. The molecule has 98 valence electrons. The minimum Gasteiger partial charge on any atom is -0.361 e. The highest BCUT2D eigenvalue weighted by molar-refractivity contribution is 5.80. The lowest BCUT2D eigenvalue weighted by Crippen LogP contribution is -2.34. The monoisotopic (exact) mass is 252 g/mol. The predicted octanol–water partition coefficient (Wildman–Crippen LogP) is 1.23. The molecule has 1 aromatic heterocycles. The number of carbonyl (C=O) groups excluding carboxylic acids is 1. The molecule has 0 fully saturated rings. The number of nitrogens with zero attached hydrogens (tertiary/aromatic N) is 2. The van der Waals surface area contributed by atoms with E-state index in [1.807, 2.05) is 13.8 Å². The second kappa shape index (κ2) is 5.95. The zero-order valence-electron chi connectivity index (χ0n) is 10.6. The standard InChI is InChI=1S/C11H16N4O3/c1-7(2)14-11(16)6-13-10-4-9(15(17)18)8(3)5-12-10/h4-5,7H,6H2,1-3H3,(H,12,13)(H,14,16). The third-order valence-corrected chi connectivity index (χ3v) is 2.15. The molecule has 0 saturated carbocycles. The van der Waals surface area contributed by atoms with E-state index in [1.165, 1.54) is 12.3 Å². The van der Waals surface area contributed by atoms with E-state index in [4.69, 9.17) is 0 Å². The third-order valence-electron chi connectivity index (χ3n) is 2.15. The molecule has 1 heterocycles. The number of nitro groups is 1. The van der Waals surface area contributed by atoms with Crippen LogP contribution >= 0.6 is 0 Å². The van der Waals surface area contributed by atoms with E-state index in [1.54, 1.807) is 6.92 Å². The van der Waals surface area contributed by atoms with Gasteiger partial charge in [0.25, 0.3) is 5.69 Å². The molecule has 7 heteroatoms. The molecule has 0 saturated heterocycles. The largest absolute Gasteiger partial charge is 0.361 e. The van der Waals surface area contributed by atoms with E-state index >= 15 is 0 Å². The van der Waals surface area contributed by atoms with E-state index in [-0.39, 0.29) is 24.2 Å². The number of hydrogen-bond acceptors (Lipinski definition) is 5. The minimum atomic E-state index is -0.476. The molecule has 0 aliphatic heterocycles. The summed E-state index contributed by atoms with van der Waals surface area (Å²) in [7, 11) is 0. The van der Waals surface area contributed by atoms with Gasteiger partial charge in [-0.25, -0.2) is 4.98 Å². The molecule has 2 N–H and O–H groups in total. The van der Waals surface area contributed by atoms with Gasteiger partial charge in [-0.1, -0.05) is 0 Å². The molecule has 0 aliphatic carbocycles. The van der Waals surface area contributed by atoms with Crippen LogP contribution in [0.1, 0.15) is 19.4 Å². The first-order chi connectivity index (χ1) is 8.40. The summed E-state index contributed by atoms with van der Waals surface area (Å²) in [6, 6.07) is 1.37. The minimum absolute atomic E-state index is 0.0169. The van der Waals surface area contributed by atoms with Crippen LogP contribution in [0.2, 0.25) is 0 Å². The second-order valence-corrected chi connectivity index (χ2v) is 4.19. The van der Waals surface area contributed by atoms with Gasteiger partial charge >= 0.3 is 0 Å². The number of hydrogen-bond donors (Lipinski definition) is 2. The Hall–Kier alpha value is -2.18. The van der Waals surface area contributed by atoms with Crippen molar-refractivity contribution in [2.24, 2.45) is 0 Å². The van der Waals surface area contributed by atoms with Gasteiger partial charge in [0.2, 0.25) is 5.91 Å². The zero-order valence-corrected chi connectivity index (χ0v) is 10.6. The lowest BCUT2D eigenvalue weighted by Gasteiger charge is -2.09. The molecule has 0 atom stereocenters. The van der Waals surface area contributed by atoms with Gasteiger partial charge in [0.1, 0.15) is 5.82 Å².